The molecule has 1 atom stereocenters. The first-order valence-corrected chi connectivity index (χ1v) is 5.63. The fourth-order valence-corrected chi connectivity index (χ4v) is 1.33. The average molecular weight is 236 g/mol. The van der Waals surface area contributed by atoms with Gasteiger partial charge < -0.3 is 10.4 Å². The molecule has 0 aliphatic rings. The molecule has 0 aliphatic heterocycles. The summed E-state index contributed by atoms with van der Waals surface area (Å²) in [5.74, 6) is -0.0992. The van der Waals surface area contributed by atoms with Crippen molar-refractivity contribution in [2.75, 3.05) is 6.61 Å². The number of carbonyl (C=O) groups is 1. The van der Waals surface area contributed by atoms with Gasteiger partial charge in [-0.25, -0.2) is 0 Å². The van der Waals surface area contributed by atoms with Gasteiger partial charge in [-0.2, -0.15) is 0 Å². The first-order chi connectivity index (χ1) is 7.79. The number of aromatic nitrogens is 1. The number of aliphatic hydroxyl groups is 1. The Morgan fingerprint density at radius 3 is 2.47 bits per heavy atom. The molecule has 0 aromatic carbocycles. The van der Waals surface area contributed by atoms with E-state index in [-0.39, 0.29) is 12.5 Å². The second kappa shape index (κ2) is 4.84. The highest BCUT2D eigenvalue weighted by atomic mass is 16.3. The largest absolute Gasteiger partial charge is 0.394 e. The van der Waals surface area contributed by atoms with E-state index in [0.29, 0.717) is 0 Å². The lowest BCUT2D eigenvalue weighted by Crippen LogP contribution is -2.50. The Morgan fingerprint density at radius 1 is 1.41 bits per heavy atom. The highest BCUT2D eigenvalue weighted by Crippen LogP contribution is 2.22. The van der Waals surface area contributed by atoms with Crippen LogP contribution in [-0.2, 0) is 10.3 Å². The van der Waals surface area contributed by atoms with Crippen molar-refractivity contribution in [3.8, 4) is 0 Å². The van der Waals surface area contributed by atoms with Crippen LogP contribution in [0.4, 0.5) is 0 Å². The second-order valence-electron chi connectivity index (χ2n) is 5.44. The van der Waals surface area contributed by atoms with Gasteiger partial charge in [0.1, 0.15) is 0 Å². The fourth-order valence-electron chi connectivity index (χ4n) is 1.33. The van der Waals surface area contributed by atoms with Crippen LogP contribution in [0.15, 0.2) is 24.5 Å². The molecule has 0 saturated heterocycles. The lowest BCUT2D eigenvalue weighted by Gasteiger charge is -2.32. The molecule has 0 bridgehead atoms. The smallest absolute Gasteiger partial charge is 0.226 e. The van der Waals surface area contributed by atoms with E-state index in [4.69, 9.17) is 0 Å². The van der Waals surface area contributed by atoms with Gasteiger partial charge in [0, 0.05) is 17.8 Å². The van der Waals surface area contributed by atoms with Crippen molar-refractivity contribution < 1.29 is 9.90 Å². The van der Waals surface area contributed by atoms with E-state index in [0.717, 1.165) is 5.56 Å². The molecular weight excluding hydrogens is 216 g/mol. The molecule has 1 aromatic rings. The topological polar surface area (TPSA) is 62.2 Å². The Kier molecular flexibility index (Phi) is 3.88. The Balaban J connectivity index is 2.95. The van der Waals surface area contributed by atoms with Crippen molar-refractivity contribution in [1.29, 1.82) is 0 Å². The number of hydrogen-bond acceptors (Lipinski definition) is 3. The number of rotatable bonds is 3. The molecule has 1 heterocycles. The zero-order valence-electron chi connectivity index (χ0n) is 10.8. The number of nitrogens with zero attached hydrogens (tertiary/aromatic N) is 1. The highest BCUT2D eigenvalue weighted by Gasteiger charge is 2.32. The second-order valence-corrected chi connectivity index (χ2v) is 5.44. The van der Waals surface area contributed by atoms with Gasteiger partial charge in [-0.3, -0.25) is 9.78 Å². The van der Waals surface area contributed by atoms with Crippen molar-refractivity contribution in [2.24, 2.45) is 5.41 Å². The minimum Gasteiger partial charge on any atom is -0.394 e. The summed E-state index contributed by atoms with van der Waals surface area (Å²) in [6.45, 7) is 7.13. The van der Waals surface area contributed by atoms with Crippen molar-refractivity contribution in [3.63, 3.8) is 0 Å². The minimum atomic E-state index is -0.793. The summed E-state index contributed by atoms with van der Waals surface area (Å²) in [4.78, 5) is 16.0. The SMILES string of the molecule is CC(C)(C)C(=O)N[C@@](C)(CO)c1cccnc1. The first kappa shape index (κ1) is 13.6. The van der Waals surface area contributed by atoms with Crippen LogP contribution in [0.5, 0.6) is 0 Å². The monoisotopic (exact) mass is 236 g/mol. The number of amides is 1. The average Bonchev–Trinajstić information content (AvgIpc) is 2.28. The molecule has 2 N–H and O–H groups in total. The third kappa shape index (κ3) is 3.27. The summed E-state index contributed by atoms with van der Waals surface area (Å²) in [6.07, 6.45) is 3.31. The van der Waals surface area contributed by atoms with Crippen LogP contribution in [0.25, 0.3) is 0 Å². The third-order valence-electron chi connectivity index (χ3n) is 2.69. The molecule has 4 nitrogen and oxygen atoms in total. The Morgan fingerprint density at radius 2 is 2.06 bits per heavy atom. The van der Waals surface area contributed by atoms with Crippen LogP contribution in [0.3, 0.4) is 0 Å². The zero-order valence-corrected chi connectivity index (χ0v) is 10.8. The van der Waals surface area contributed by atoms with Crippen LogP contribution < -0.4 is 5.32 Å². The highest BCUT2D eigenvalue weighted by molar-refractivity contribution is 5.82. The van der Waals surface area contributed by atoms with Gasteiger partial charge in [0.15, 0.2) is 0 Å². The summed E-state index contributed by atoms with van der Waals surface area (Å²) in [6, 6.07) is 3.62. The van der Waals surface area contributed by atoms with Crippen LogP contribution >= 0.6 is 0 Å². The van der Waals surface area contributed by atoms with Gasteiger partial charge >= 0.3 is 0 Å². The molecular formula is C13H20N2O2. The van der Waals surface area contributed by atoms with Gasteiger partial charge in [0.05, 0.1) is 12.1 Å². The van der Waals surface area contributed by atoms with E-state index in [2.05, 4.69) is 10.3 Å². The van der Waals surface area contributed by atoms with Crippen molar-refractivity contribution >= 4 is 5.91 Å². The van der Waals surface area contributed by atoms with Gasteiger partial charge in [-0.1, -0.05) is 26.8 Å². The number of pyridine rings is 1. The summed E-state index contributed by atoms with van der Waals surface area (Å²) in [5, 5.41) is 12.4. The van der Waals surface area contributed by atoms with Gasteiger partial charge in [0.25, 0.3) is 0 Å². The normalized spacial score (nSPS) is 15.1. The summed E-state index contributed by atoms with van der Waals surface area (Å²) in [5.41, 5.74) is -0.489. The maximum Gasteiger partial charge on any atom is 0.226 e. The number of carbonyl (C=O) groups excluding carboxylic acids is 1. The van der Waals surface area contributed by atoms with Crippen LogP contribution in [0.1, 0.15) is 33.3 Å². The molecule has 1 rings (SSSR count). The van der Waals surface area contributed by atoms with E-state index in [1.807, 2.05) is 26.8 Å². The Bertz CT molecular complexity index is 384. The van der Waals surface area contributed by atoms with Crippen molar-refractivity contribution in [3.05, 3.63) is 30.1 Å². The molecule has 1 amide bonds. The lowest BCUT2D eigenvalue weighted by atomic mass is 9.90. The molecule has 0 radical (unpaired) electrons. The maximum absolute atomic E-state index is 12.0. The molecule has 0 aliphatic carbocycles. The van der Waals surface area contributed by atoms with Gasteiger partial charge in [0.2, 0.25) is 5.91 Å². The summed E-state index contributed by atoms with van der Waals surface area (Å²) in [7, 11) is 0. The molecule has 17 heavy (non-hydrogen) atoms. The number of aliphatic hydroxyl groups excluding tert-OH is 1. The Hall–Kier alpha value is -1.42. The zero-order chi connectivity index (χ0) is 13.1. The molecule has 0 saturated carbocycles. The minimum absolute atomic E-state index is 0.0992. The van der Waals surface area contributed by atoms with E-state index in [1.165, 1.54) is 0 Å². The molecule has 1 aromatic heterocycles. The maximum atomic E-state index is 12.0. The number of hydrogen-bond donors (Lipinski definition) is 2. The fraction of sp³-hybridized carbons (Fsp3) is 0.538. The third-order valence-corrected chi connectivity index (χ3v) is 2.69. The molecule has 0 fully saturated rings. The van der Waals surface area contributed by atoms with E-state index in [9.17, 15) is 9.90 Å². The van der Waals surface area contributed by atoms with Gasteiger partial charge in [-0.05, 0) is 18.6 Å². The van der Waals surface area contributed by atoms with E-state index >= 15 is 0 Å². The predicted octanol–water partition coefficient (Wildman–Crippen LogP) is 1.45. The van der Waals surface area contributed by atoms with Crippen LogP contribution in [-0.4, -0.2) is 22.6 Å². The molecule has 0 spiro atoms. The van der Waals surface area contributed by atoms with E-state index in [1.54, 1.807) is 25.4 Å². The predicted molar refractivity (Wildman–Crippen MR) is 66.3 cm³/mol. The Labute approximate surface area is 102 Å². The first-order valence-electron chi connectivity index (χ1n) is 5.63. The molecule has 0 unspecified atom stereocenters. The van der Waals surface area contributed by atoms with Crippen LogP contribution in [0, 0.1) is 5.41 Å². The summed E-state index contributed by atoms with van der Waals surface area (Å²) >= 11 is 0. The van der Waals surface area contributed by atoms with Crippen LogP contribution in [0.2, 0.25) is 0 Å². The van der Waals surface area contributed by atoms with Crippen molar-refractivity contribution in [2.45, 2.75) is 33.2 Å². The summed E-state index contributed by atoms with van der Waals surface area (Å²) < 4.78 is 0. The van der Waals surface area contributed by atoms with E-state index < -0.39 is 11.0 Å². The quantitative estimate of drug-likeness (QED) is 0.835. The number of nitrogens with one attached hydrogen (secondary N) is 1. The standard InChI is InChI=1S/C13H20N2O2/c1-12(2,3)11(17)15-13(4,9-16)10-6-5-7-14-8-10/h5-8,16H,9H2,1-4H3,(H,15,17)/t13-/m0/s1. The lowest BCUT2D eigenvalue weighted by molar-refractivity contribution is -0.131. The van der Waals surface area contributed by atoms with Crippen molar-refractivity contribution in [1.82, 2.24) is 10.3 Å². The molecule has 4 heteroatoms. The molecule has 94 valence electrons. The van der Waals surface area contributed by atoms with Gasteiger partial charge in [-0.15, -0.1) is 0 Å².